The number of rotatable bonds is 3. The Labute approximate surface area is 240 Å². The number of hydrogen-bond donors (Lipinski definition) is 0. The van der Waals surface area contributed by atoms with Gasteiger partial charge in [0.05, 0.1) is 0 Å². The Kier molecular flexibility index (Phi) is 5.21. The van der Waals surface area contributed by atoms with Crippen LogP contribution in [0.4, 0.5) is 0 Å². The average Bonchev–Trinajstić information content (AvgIpc) is 3.26. The minimum atomic E-state index is -3.09. The molecule has 196 valence electrons. The second-order valence-electron chi connectivity index (χ2n) is 11.7. The fourth-order valence-electron chi connectivity index (χ4n) is 7.06. The smallest absolute Gasteiger partial charge is 0.171 e. The Bertz CT molecular complexity index is 2150. The molecule has 8 rings (SSSR count). The van der Waals surface area contributed by atoms with Gasteiger partial charge in [0.15, 0.2) is 7.14 Å². The Balaban J connectivity index is 1.47. The van der Waals surface area contributed by atoms with Crippen LogP contribution in [0.5, 0.6) is 0 Å². The van der Waals surface area contributed by atoms with Gasteiger partial charge in [-0.3, -0.25) is 0 Å². The van der Waals surface area contributed by atoms with Crippen LogP contribution >= 0.6 is 7.14 Å². The third-order valence-corrected chi connectivity index (χ3v) is 12.2. The van der Waals surface area contributed by atoms with E-state index in [0.29, 0.717) is 0 Å². The van der Waals surface area contributed by atoms with Crippen molar-refractivity contribution in [2.24, 2.45) is 0 Å². The SMILES string of the molecule is CC1(C)c2ccccc2-c2cc3c4ccccc4c4cc(P(=O)(c5ccccc5)c5ccccc5)ccc4c3cc21. The van der Waals surface area contributed by atoms with Crippen molar-refractivity contribution in [1.82, 2.24) is 0 Å². The molecule has 0 saturated heterocycles. The molecule has 7 aromatic rings. The first-order valence-corrected chi connectivity index (χ1v) is 15.9. The van der Waals surface area contributed by atoms with E-state index in [2.05, 4.69) is 92.7 Å². The molecule has 0 fully saturated rings. The Morgan fingerprint density at radius 1 is 0.415 bits per heavy atom. The second-order valence-corrected chi connectivity index (χ2v) is 14.4. The van der Waals surface area contributed by atoms with Crippen molar-refractivity contribution in [2.75, 3.05) is 0 Å². The first-order chi connectivity index (χ1) is 20.0. The highest BCUT2D eigenvalue weighted by Crippen LogP contribution is 2.51. The normalized spacial score (nSPS) is 13.9. The van der Waals surface area contributed by atoms with Crippen molar-refractivity contribution >= 4 is 55.4 Å². The molecule has 0 spiro atoms. The summed E-state index contributed by atoms with van der Waals surface area (Å²) in [7, 11) is -3.09. The van der Waals surface area contributed by atoms with Crippen LogP contribution < -0.4 is 15.9 Å². The molecule has 0 aliphatic heterocycles. The number of hydrogen-bond acceptors (Lipinski definition) is 1. The van der Waals surface area contributed by atoms with Gasteiger partial charge < -0.3 is 4.57 Å². The summed E-state index contributed by atoms with van der Waals surface area (Å²) >= 11 is 0. The summed E-state index contributed by atoms with van der Waals surface area (Å²) in [6.07, 6.45) is 0. The third kappa shape index (κ3) is 3.40. The van der Waals surface area contributed by atoms with E-state index in [4.69, 9.17) is 0 Å². The summed E-state index contributed by atoms with van der Waals surface area (Å²) < 4.78 is 15.2. The maximum atomic E-state index is 15.2. The first kappa shape index (κ1) is 24.4. The van der Waals surface area contributed by atoms with Crippen LogP contribution in [0.1, 0.15) is 25.0 Å². The molecule has 0 aromatic heterocycles. The lowest BCUT2D eigenvalue weighted by Gasteiger charge is -2.23. The molecule has 0 atom stereocenters. The van der Waals surface area contributed by atoms with Gasteiger partial charge in [-0.2, -0.15) is 0 Å². The van der Waals surface area contributed by atoms with Gasteiger partial charge >= 0.3 is 0 Å². The van der Waals surface area contributed by atoms with Crippen molar-refractivity contribution < 1.29 is 4.57 Å². The quantitative estimate of drug-likeness (QED) is 0.160. The molecule has 0 N–H and O–H groups in total. The first-order valence-electron chi connectivity index (χ1n) is 14.2. The molecule has 2 heteroatoms. The molecule has 0 bridgehead atoms. The number of fused-ring (bicyclic) bond motifs is 9. The molecule has 1 nitrogen and oxygen atoms in total. The summed E-state index contributed by atoms with van der Waals surface area (Å²) in [6.45, 7) is 4.67. The van der Waals surface area contributed by atoms with Crippen LogP contribution in [-0.4, -0.2) is 0 Å². The standard InChI is InChI=1S/C39H29OP/c1-39(2)37-20-12-11-19-32(37)36-24-34-30-18-10-9-17-29(30)33-23-28(21-22-31(33)35(34)25-38(36)39)41(40,26-13-5-3-6-14-26)27-15-7-4-8-16-27/h3-25H,1-2H3. The van der Waals surface area contributed by atoms with Crippen LogP contribution in [0.2, 0.25) is 0 Å². The molecular weight excluding hydrogens is 515 g/mol. The molecule has 0 saturated carbocycles. The van der Waals surface area contributed by atoms with Crippen LogP contribution in [0, 0.1) is 0 Å². The average molecular weight is 545 g/mol. The Hall–Kier alpha value is -4.45. The molecule has 41 heavy (non-hydrogen) atoms. The zero-order valence-electron chi connectivity index (χ0n) is 23.1. The van der Waals surface area contributed by atoms with E-state index in [1.807, 2.05) is 60.7 Å². The second kappa shape index (κ2) is 8.77. The van der Waals surface area contributed by atoms with Gasteiger partial charge in [-0.15, -0.1) is 0 Å². The summed E-state index contributed by atoms with van der Waals surface area (Å²) in [4.78, 5) is 0. The van der Waals surface area contributed by atoms with E-state index in [9.17, 15) is 0 Å². The predicted octanol–water partition coefficient (Wildman–Crippen LogP) is 9.09. The summed E-state index contributed by atoms with van der Waals surface area (Å²) in [5.41, 5.74) is 5.34. The highest BCUT2D eigenvalue weighted by molar-refractivity contribution is 7.85. The van der Waals surface area contributed by atoms with Gasteiger partial charge in [-0.1, -0.05) is 135 Å². The van der Waals surface area contributed by atoms with Crippen LogP contribution in [0.25, 0.3) is 43.4 Å². The van der Waals surface area contributed by atoms with E-state index in [0.717, 1.165) is 21.3 Å². The predicted molar refractivity (Wildman–Crippen MR) is 176 cm³/mol. The summed E-state index contributed by atoms with van der Waals surface area (Å²) in [5.74, 6) is 0. The van der Waals surface area contributed by atoms with Crippen molar-refractivity contribution in [3.63, 3.8) is 0 Å². The van der Waals surface area contributed by atoms with E-state index in [1.165, 1.54) is 49.2 Å². The maximum absolute atomic E-state index is 15.2. The van der Waals surface area contributed by atoms with E-state index < -0.39 is 7.14 Å². The fraction of sp³-hybridized carbons (Fsp3) is 0.0769. The van der Waals surface area contributed by atoms with Crippen molar-refractivity contribution in [3.8, 4) is 11.1 Å². The van der Waals surface area contributed by atoms with Gasteiger partial charge in [0.1, 0.15) is 0 Å². The van der Waals surface area contributed by atoms with Gasteiger partial charge in [-0.05, 0) is 72.8 Å². The lowest BCUT2D eigenvalue weighted by Crippen LogP contribution is -2.24. The molecule has 0 radical (unpaired) electrons. The molecule has 0 amide bonds. The van der Waals surface area contributed by atoms with Gasteiger partial charge in [-0.25, -0.2) is 0 Å². The Morgan fingerprint density at radius 3 is 1.59 bits per heavy atom. The van der Waals surface area contributed by atoms with E-state index in [-0.39, 0.29) is 5.41 Å². The summed E-state index contributed by atoms with van der Waals surface area (Å²) in [5, 5.41) is 9.85. The maximum Gasteiger partial charge on any atom is 0.171 e. The highest BCUT2D eigenvalue weighted by atomic mass is 31.2. The molecule has 7 aromatic carbocycles. The molecule has 1 aliphatic carbocycles. The molecule has 0 heterocycles. The van der Waals surface area contributed by atoms with Gasteiger partial charge in [0.25, 0.3) is 0 Å². The monoisotopic (exact) mass is 544 g/mol. The highest BCUT2D eigenvalue weighted by Gasteiger charge is 2.36. The summed E-state index contributed by atoms with van der Waals surface area (Å²) in [6, 6.07) is 48.7. The van der Waals surface area contributed by atoms with Crippen molar-refractivity contribution in [1.29, 1.82) is 0 Å². The largest absolute Gasteiger partial charge is 0.309 e. The van der Waals surface area contributed by atoms with E-state index >= 15 is 4.57 Å². The zero-order chi connectivity index (χ0) is 27.8. The lowest BCUT2D eigenvalue weighted by atomic mass is 9.81. The van der Waals surface area contributed by atoms with Crippen molar-refractivity contribution in [2.45, 2.75) is 19.3 Å². The van der Waals surface area contributed by atoms with E-state index in [1.54, 1.807) is 0 Å². The zero-order valence-corrected chi connectivity index (χ0v) is 24.0. The van der Waals surface area contributed by atoms with Gasteiger partial charge in [0, 0.05) is 21.3 Å². The molecule has 0 unspecified atom stereocenters. The molecule has 1 aliphatic rings. The molecular formula is C39H29OP. The minimum Gasteiger partial charge on any atom is -0.309 e. The lowest BCUT2D eigenvalue weighted by molar-refractivity contribution is 0.592. The minimum absolute atomic E-state index is 0.0751. The van der Waals surface area contributed by atoms with Crippen LogP contribution in [-0.2, 0) is 9.98 Å². The van der Waals surface area contributed by atoms with Crippen LogP contribution in [0.3, 0.4) is 0 Å². The third-order valence-electron chi connectivity index (χ3n) is 9.13. The van der Waals surface area contributed by atoms with Crippen molar-refractivity contribution in [3.05, 3.63) is 151 Å². The topological polar surface area (TPSA) is 17.1 Å². The number of benzene rings is 7. The van der Waals surface area contributed by atoms with Gasteiger partial charge in [0.2, 0.25) is 0 Å². The van der Waals surface area contributed by atoms with Crippen LogP contribution in [0.15, 0.2) is 140 Å². The fourth-order valence-corrected chi connectivity index (χ4v) is 9.73. The Morgan fingerprint density at radius 2 is 0.927 bits per heavy atom.